The Morgan fingerprint density at radius 1 is 1.41 bits per heavy atom. The number of rotatable bonds is 3. The molecule has 1 heterocycles. The maximum Gasteiger partial charge on any atom is 0.573 e. The molecule has 1 aromatic carbocycles. The summed E-state index contributed by atoms with van der Waals surface area (Å²) >= 11 is 0. The van der Waals surface area contributed by atoms with Gasteiger partial charge in [-0.3, -0.25) is 0 Å². The lowest BCUT2D eigenvalue weighted by atomic mass is 10.3. The van der Waals surface area contributed by atoms with Gasteiger partial charge in [-0.2, -0.15) is 0 Å². The Balaban J connectivity index is 2.30. The minimum atomic E-state index is -4.68. The highest BCUT2D eigenvalue weighted by Crippen LogP contribution is 2.25. The molecule has 0 amide bonds. The van der Waals surface area contributed by atoms with Gasteiger partial charge >= 0.3 is 6.36 Å². The quantitative estimate of drug-likeness (QED) is 0.871. The van der Waals surface area contributed by atoms with E-state index in [9.17, 15) is 13.2 Å². The lowest BCUT2D eigenvalue weighted by Crippen LogP contribution is -2.16. The van der Waals surface area contributed by atoms with Gasteiger partial charge in [0.15, 0.2) is 0 Å². The van der Waals surface area contributed by atoms with Gasteiger partial charge in [0.25, 0.3) is 0 Å². The van der Waals surface area contributed by atoms with Crippen molar-refractivity contribution in [2.24, 2.45) is 0 Å². The normalized spacial score (nSPS) is 12.0. The summed E-state index contributed by atoms with van der Waals surface area (Å²) in [6.45, 7) is 0.518. The summed E-state index contributed by atoms with van der Waals surface area (Å²) in [5.41, 5.74) is 1.11. The number of alkyl halides is 3. The monoisotopic (exact) mass is 245 g/mol. The van der Waals surface area contributed by atoms with Crippen LogP contribution in [0.3, 0.4) is 0 Å². The highest BCUT2D eigenvalue weighted by atomic mass is 19.4. The molecule has 2 aromatic rings. The molecule has 0 saturated heterocycles. The second-order valence-corrected chi connectivity index (χ2v) is 3.44. The van der Waals surface area contributed by atoms with Crippen LogP contribution in [-0.2, 0) is 6.54 Å². The fourth-order valence-corrected chi connectivity index (χ4v) is 1.49. The highest BCUT2D eigenvalue weighted by molar-refractivity contribution is 5.76. The van der Waals surface area contributed by atoms with Gasteiger partial charge in [-0.05, 0) is 19.2 Å². The van der Waals surface area contributed by atoms with Crippen molar-refractivity contribution in [1.29, 1.82) is 0 Å². The zero-order valence-corrected chi connectivity index (χ0v) is 8.93. The number of hydrogen-bond acceptors (Lipinski definition) is 3. The van der Waals surface area contributed by atoms with E-state index in [-0.39, 0.29) is 5.75 Å². The summed E-state index contributed by atoms with van der Waals surface area (Å²) in [5, 5.41) is 2.89. The van der Waals surface area contributed by atoms with Crippen molar-refractivity contribution in [3.63, 3.8) is 0 Å². The van der Waals surface area contributed by atoms with Crippen molar-refractivity contribution in [1.82, 2.24) is 15.3 Å². The van der Waals surface area contributed by atoms with Crippen LogP contribution in [0.1, 0.15) is 5.82 Å². The van der Waals surface area contributed by atoms with Gasteiger partial charge in [0.05, 0.1) is 17.6 Å². The highest BCUT2D eigenvalue weighted by Gasteiger charge is 2.31. The van der Waals surface area contributed by atoms with Gasteiger partial charge < -0.3 is 15.0 Å². The van der Waals surface area contributed by atoms with Gasteiger partial charge in [-0.1, -0.05) is 0 Å². The van der Waals surface area contributed by atoms with E-state index in [1.54, 1.807) is 7.05 Å². The molecule has 7 heteroatoms. The number of ether oxygens (including phenoxy) is 1. The van der Waals surface area contributed by atoms with E-state index < -0.39 is 6.36 Å². The largest absolute Gasteiger partial charge is 0.573 e. The van der Waals surface area contributed by atoms with Gasteiger partial charge in [0.2, 0.25) is 0 Å². The number of fused-ring (bicyclic) bond motifs is 1. The number of nitrogens with zero attached hydrogens (tertiary/aromatic N) is 1. The standard InChI is InChI=1S/C10H10F3N3O/c1-14-5-9-15-7-3-2-6(4-8(7)16-9)17-10(11,12)13/h2-4,14H,5H2,1H3,(H,15,16). The molecule has 92 valence electrons. The van der Waals surface area contributed by atoms with E-state index in [0.717, 1.165) is 0 Å². The maximum absolute atomic E-state index is 12.0. The number of aromatic nitrogens is 2. The molecule has 2 N–H and O–H groups in total. The minimum absolute atomic E-state index is 0.271. The van der Waals surface area contributed by atoms with Crippen molar-refractivity contribution in [2.45, 2.75) is 12.9 Å². The van der Waals surface area contributed by atoms with Gasteiger partial charge in [-0.15, -0.1) is 13.2 Å². The number of benzene rings is 1. The summed E-state index contributed by atoms with van der Waals surface area (Å²) in [7, 11) is 1.76. The van der Waals surface area contributed by atoms with Crippen molar-refractivity contribution >= 4 is 11.0 Å². The topological polar surface area (TPSA) is 49.9 Å². The maximum atomic E-state index is 12.0. The number of aromatic amines is 1. The molecule has 2 rings (SSSR count). The first-order chi connectivity index (χ1) is 7.98. The zero-order chi connectivity index (χ0) is 12.5. The van der Waals surface area contributed by atoms with Crippen LogP contribution in [0.4, 0.5) is 13.2 Å². The van der Waals surface area contributed by atoms with E-state index in [2.05, 4.69) is 20.0 Å². The van der Waals surface area contributed by atoms with Crippen LogP contribution in [0, 0.1) is 0 Å². The number of imidazole rings is 1. The number of H-pyrrole nitrogens is 1. The van der Waals surface area contributed by atoms with Crippen LogP contribution >= 0.6 is 0 Å². The third-order valence-electron chi connectivity index (χ3n) is 2.08. The SMILES string of the molecule is CNCc1nc2cc(OC(F)(F)F)ccc2[nH]1. The summed E-state index contributed by atoms with van der Waals surface area (Å²) in [6, 6.07) is 4.00. The Morgan fingerprint density at radius 2 is 2.18 bits per heavy atom. The summed E-state index contributed by atoms with van der Waals surface area (Å²) in [6.07, 6.45) is -4.68. The lowest BCUT2D eigenvalue weighted by Gasteiger charge is -2.07. The molecular weight excluding hydrogens is 235 g/mol. The summed E-state index contributed by atoms with van der Waals surface area (Å²) in [4.78, 5) is 7.10. The van der Waals surface area contributed by atoms with Crippen LogP contribution in [0.25, 0.3) is 11.0 Å². The molecule has 1 aromatic heterocycles. The molecule has 0 atom stereocenters. The molecule has 0 fully saturated rings. The lowest BCUT2D eigenvalue weighted by molar-refractivity contribution is -0.274. The van der Waals surface area contributed by atoms with E-state index in [1.807, 2.05) is 0 Å². The van der Waals surface area contributed by atoms with Crippen LogP contribution in [0.5, 0.6) is 5.75 Å². The molecule has 0 radical (unpaired) electrons. The second kappa shape index (κ2) is 4.25. The predicted molar refractivity (Wildman–Crippen MR) is 55.5 cm³/mol. The third-order valence-corrected chi connectivity index (χ3v) is 2.08. The summed E-state index contributed by atoms with van der Waals surface area (Å²) < 4.78 is 39.8. The first kappa shape index (κ1) is 11.7. The fourth-order valence-electron chi connectivity index (χ4n) is 1.49. The van der Waals surface area contributed by atoms with Crippen molar-refractivity contribution in [2.75, 3.05) is 7.05 Å². The van der Waals surface area contributed by atoms with Gasteiger partial charge in [-0.25, -0.2) is 4.98 Å². The molecular formula is C10H10F3N3O. The average molecular weight is 245 g/mol. The molecule has 0 aliphatic rings. The number of hydrogen-bond donors (Lipinski definition) is 2. The molecule has 0 saturated carbocycles. The number of halogens is 3. The van der Waals surface area contributed by atoms with Crippen molar-refractivity contribution < 1.29 is 17.9 Å². The smallest absolute Gasteiger partial charge is 0.406 e. The first-order valence-corrected chi connectivity index (χ1v) is 4.87. The Kier molecular flexibility index (Phi) is 2.93. The summed E-state index contributed by atoms with van der Waals surface area (Å²) in [5.74, 6) is 0.388. The van der Waals surface area contributed by atoms with Crippen LogP contribution in [0.15, 0.2) is 18.2 Å². The Hall–Kier alpha value is -1.76. The van der Waals surface area contributed by atoms with Crippen molar-refractivity contribution in [3.05, 3.63) is 24.0 Å². The molecule has 0 spiro atoms. The molecule has 0 bridgehead atoms. The third kappa shape index (κ3) is 2.88. The number of nitrogens with one attached hydrogen (secondary N) is 2. The molecule has 17 heavy (non-hydrogen) atoms. The first-order valence-electron chi connectivity index (χ1n) is 4.87. The average Bonchev–Trinajstić information content (AvgIpc) is 2.57. The van der Waals surface area contributed by atoms with Crippen LogP contribution in [-0.4, -0.2) is 23.4 Å². The minimum Gasteiger partial charge on any atom is -0.406 e. The van der Waals surface area contributed by atoms with Gasteiger partial charge in [0, 0.05) is 6.07 Å². The molecule has 0 aliphatic carbocycles. The van der Waals surface area contributed by atoms with E-state index in [1.165, 1.54) is 18.2 Å². The fraction of sp³-hybridized carbons (Fsp3) is 0.300. The van der Waals surface area contributed by atoms with Gasteiger partial charge in [0.1, 0.15) is 11.6 Å². The Morgan fingerprint density at radius 3 is 2.82 bits per heavy atom. The molecule has 0 unspecified atom stereocenters. The predicted octanol–water partition coefficient (Wildman–Crippen LogP) is 2.18. The molecule has 4 nitrogen and oxygen atoms in total. The molecule has 0 aliphatic heterocycles. The van der Waals surface area contributed by atoms with E-state index in [0.29, 0.717) is 23.4 Å². The zero-order valence-electron chi connectivity index (χ0n) is 8.93. The Labute approximate surface area is 94.8 Å². The second-order valence-electron chi connectivity index (χ2n) is 3.44. The van der Waals surface area contributed by atoms with E-state index in [4.69, 9.17) is 0 Å². The Bertz CT molecular complexity index is 521. The van der Waals surface area contributed by atoms with Crippen molar-refractivity contribution in [3.8, 4) is 5.75 Å². The van der Waals surface area contributed by atoms with Crippen LogP contribution < -0.4 is 10.1 Å². The van der Waals surface area contributed by atoms with E-state index >= 15 is 0 Å². The van der Waals surface area contributed by atoms with Crippen LogP contribution in [0.2, 0.25) is 0 Å².